The van der Waals surface area contributed by atoms with Crippen LogP contribution in [0.4, 0.5) is 11.4 Å². The molecule has 222 valence electrons. The largest absolute Gasteiger partial charge is 0.458 e. The second-order valence-electron chi connectivity index (χ2n) is 11.4. The van der Waals surface area contributed by atoms with Gasteiger partial charge in [-0.1, -0.05) is 48.6 Å². The summed E-state index contributed by atoms with van der Waals surface area (Å²) in [6, 6.07) is 19.4. The summed E-state index contributed by atoms with van der Waals surface area (Å²) in [7, 11) is 0. The number of nitrogens with zero attached hydrogens (tertiary/aromatic N) is 2. The zero-order valence-corrected chi connectivity index (χ0v) is 24.4. The van der Waals surface area contributed by atoms with E-state index in [0.29, 0.717) is 11.1 Å². The Morgan fingerprint density at radius 2 is 1.17 bits per heavy atom. The number of anilines is 2. The number of benzene rings is 4. The fraction of sp³-hybridized carbons (Fsp3) is 0.0789. The van der Waals surface area contributed by atoms with Gasteiger partial charge in [0.05, 0.1) is 16.9 Å². The average Bonchev–Trinajstić information content (AvgIpc) is 3.81. The Kier molecular flexibility index (Phi) is 6.25. The highest BCUT2D eigenvalue weighted by molar-refractivity contribution is 6.42. The summed E-state index contributed by atoms with van der Waals surface area (Å²) in [5.74, 6) is -2.75. The molecule has 0 N–H and O–H groups in total. The first-order valence-corrected chi connectivity index (χ1v) is 14.9. The van der Waals surface area contributed by atoms with Crippen LogP contribution >= 0.6 is 0 Å². The van der Waals surface area contributed by atoms with Crippen molar-refractivity contribution in [3.8, 4) is 0 Å². The Morgan fingerprint density at radius 1 is 0.652 bits per heavy atom. The Bertz CT molecular complexity index is 2110. The summed E-state index contributed by atoms with van der Waals surface area (Å²) in [6.45, 7) is 0.187. The van der Waals surface area contributed by atoms with Crippen LogP contribution in [0.2, 0.25) is 0 Å². The first kappa shape index (κ1) is 27.4. The molecule has 4 aromatic carbocycles. The van der Waals surface area contributed by atoms with Crippen LogP contribution in [0.3, 0.4) is 0 Å². The van der Waals surface area contributed by atoms with Crippen LogP contribution in [0.1, 0.15) is 70.2 Å². The predicted octanol–water partition coefficient (Wildman–Crippen LogP) is 6.83. The van der Waals surface area contributed by atoms with Crippen LogP contribution in [0.5, 0.6) is 0 Å². The fourth-order valence-corrected chi connectivity index (χ4v) is 6.41. The number of hydrogen-bond donors (Lipinski definition) is 0. The summed E-state index contributed by atoms with van der Waals surface area (Å²) in [5.41, 5.74) is 4.94. The molecule has 0 saturated heterocycles. The van der Waals surface area contributed by atoms with Crippen molar-refractivity contribution in [3.63, 3.8) is 0 Å². The molecule has 4 amide bonds. The smallest absolute Gasteiger partial charge is 0.338 e. The Morgan fingerprint density at radius 3 is 1.63 bits per heavy atom. The third kappa shape index (κ3) is 4.18. The van der Waals surface area contributed by atoms with Crippen molar-refractivity contribution in [2.75, 3.05) is 16.4 Å². The first-order valence-electron chi connectivity index (χ1n) is 14.9. The molecule has 0 aromatic heterocycles. The summed E-state index contributed by atoms with van der Waals surface area (Å²) < 4.78 is 5.38. The van der Waals surface area contributed by atoms with E-state index in [0.717, 1.165) is 39.4 Å². The summed E-state index contributed by atoms with van der Waals surface area (Å²) >= 11 is 0. The van der Waals surface area contributed by atoms with Gasteiger partial charge in [0.25, 0.3) is 23.6 Å². The molecule has 0 radical (unpaired) electrons. The number of carbonyl (C=O) groups is 5. The number of amides is 4. The molecule has 8 heteroatoms. The predicted molar refractivity (Wildman–Crippen MR) is 173 cm³/mol. The molecule has 0 atom stereocenters. The number of carbonyl (C=O) groups excluding carboxylic acids is 5. The van der Waals surface area contributed by atoms with Gasteiger partial charge in [-0.3, -0.25) is 19.2 Å². The van der Waals surface area contributed by atoms with E-state index in [-0.39, 0.29) is 45.5 Å². The number of esters is 1. The molecule has 0 unspecified atom stereocenters. The minimum absolute atomic E-state index is 0.187. The number of allylic oxidation sites excluding steroid dienone is 7. The minimum atomic E-state index is -0.592. The maximum absolute atomic E-state index is 13.8. The van der Waals surface area contributed by atoms with Gasteiger partial charge in [0.2, 0.25) is 0 Å². The third-order valence-corrected chi connectivity index (χ3v) is 8.72. The van der Waals surface area contributed by atoms with E-state index in [1.807, 2.05) is 36.4 Å². The molecular formula is C38H24N2O6. The molecule has 2 aliphatic heterocycles. The van der Waals surface area contributed by atoms with Crippen molar-refractivity contribution in [3.05, 3.63) is 148 Å². The van der Waals surface area contributed by atoms with Crippen LogP contribution in [0, 0.1) is 0 Å². The fourth-order valence-electron chi connectivity index (χ4n) is 6.41. The molecule has 46 heavy (non-hydrogen) atoms. The average molecular weight is 605 g/mol. The van der Waals surface area contributed by atoms with Crippen molar-refractivity contribution in [2.24, 2.45) is 0 Å². The highest BCUT2D eigenvalue weighted by Crippen LogP contribution is 2.40. The van der Waals surface area contributed by atoms with Crippen LogP contribution in [-0.2, 0) is 4.74 Å². The van der Waals surface area contributed by atoms with Crippen molar-refractivity contribution in [2.45, 2.75) is 12.8 Å². The lowest BCUT2D eigenvalue weighted by Gasteiger charge is -2.32. The van der Waals surface area contributed by atoms with E-state index in [1.54, 1.807) is 12.1 Å². The van der Waals surface area contributed by atoms with Crippen molar-refractivity contribution >= 4 is 57.3 Å². The van der Waals surface area contributed by atoms with Crippen molar-refractivity contribution in [1.82, 2.24) is 0 Å². The second kappa shape index (κ2) is 10.5. The Labute approximate surface area is 263 Å². The highest BCUT2D eigenvalue weighted by Gasteiger charge is 2.40. The normalized spacial score (nSPS) is 16.4. The van der Waals surface area contributed by atoms with Crippen LogP contribution < -0.4 is 9.80 Å². The van der Waals surface area contributed by atoms with Crippen molar-refractivity contribution in [1.29, 1.82) is 0 Å². The third-order valence-electron chi connectivity index (χ3n) is 8.72. The van der Waals surface area contributed by atoms with E-state index in [1.165, 1.54) is 48.5 Å². The minimum Gasteiger partial charge on any atom is -0.458 e. The number of imide groups is 2. The molecule has 4 aromatic rings. The summed E-state index contributed by atoms with van der Waals surface area (Å²) in [4.78, 5) is 70.0. The van der Waals surface area contributed by atoms with Gasteiger partial charge in [-0.05, 0) is 90.2 Å². The molecule has 0 saturated carbocycles. The lowest BCUT2D eigenvalue weighted by Crippen LogP contribution is -2.43. The van der Waals surface area contributed by atoms with E-state index >= 15 is 0 Å². The molecule has 0 fully saturated rings. The molecule has 4 aliphatic rings. The van der Waals surface area contributed by atoms with E-state index in [9.17, 15) is 24.0 Å². The Balaban J connectivity index is 1.10. The van der Waals surface area contributed by atoms with Crippen molar-refractivity contribution < 1.29 is 28.7 Å². The van der Waals surface area contributed by atoms with Gasteiger partial charge in [-0.25, -0.2) is 14.6 Å². The second-order valence-corrected chi connectivity index (χ2v) is 11.4. The molecule has 8 rings (SSSR count). The number of rotatable bonds is 6. The van der Waals surface area contributed by atoms with Gasteiger partial charge in [-0.2, -0.15) is 0 Å². The van der Waals surface area contributed by atoms with E-state index in [2.05, 4.69) is 12.2 Å². The number of ether oxygens (including phenoxy) is 1. The molecule has 8 nitrogen and oxygen atoms in total. The van der Waals surface area contributed by atoms with Gasteiger partial charge in [-0.15, -0.1) is 0 Å². The van der Waals surface area contributed by atoms with Crippen LogP contribution in [-0.4, -0.2) is 36.2 Å². The summed E-state index contributed by atoms with van der Waals surface area (Å²) in [5, 5.41) is 0.583. The zero-order chi connectivity index (χ0) is 31.5. The van der Waals surface area contributed by atoms with Gasteiger partial charge in [0.15, 0.2) is 0 Å². The number of hydrogen-bond acceptors (Lipinski definition) is 6. The van der Waals surface area contributed by atoms with Gasteiger partial charge < -0.3 is 4.74 Å². The van der Waals surface area contributed by atoms with Crippen LogP contribution in [0.25, 0.3) is 16.3 Å². The SMILES string of the molecule is O=C(OCC1=CC=CC1)c1ccc(N2C(=O)c3ccc4c5c(ccc(c35)C2=O)C(=O)N(c2ccc(C3=CCC=C3)cc2)C4=O)cc1. The first-order chi connectivity index (χ1) is 22.4. The lowest BCUT2D eigenvalue weighted by atomic mass is 9.85. The highest BCUT2D eigenvalue weighted by atomic mass is 16.5. The molecule has 0 bridgehead atoms. The standard InChI is InChI=1S/C38H24N2O6/c41-34-28-17-19-30-33-31(20-18-29(32(28)33)35(42)39(34)26-13-9-24(10-14-26)23-7-3-4-8-23)37(44)40(36(30)43)27-15-11-25(12-16-27)38(45)46-21-22-5-1-2-6-22/h1-3,5,7-20H,4,6,21H2. The summed E-state index contributed by atoms with van der Waals surface area (Å²) in [6.07, 6.45) is 13.6. The van der Waals surface area contributed by atoms with Gasteiger partial charge in [0.1, 0.15) is 6.61 Å². The molecule has 2 aliphatic carbocycles. The topological polar surface area (TPSA) is 101 Å². The lowest BCUT2D eigenvalue weighted by molar-refractivity contribution is 0.0538. The van der Waals surface area contributed by atoms with E-state index in [4.69, 9.17) is 4.74 Å². The van der Waals surface area contributed by atoms with Gasteiger partial charge >= 0.3 is 5.97 Å². The quantitative estimate of drug-likeness (QED) is 0.177. The molecule has 0 spiro atoms. The molecule has 2 heterocycles. The van der Waals surface area contributed by atoms with Crippen LogP contribution in [0.15, 0.2) is 115 Å². The zero-order valence-electron chi connectivity index (χ0n) is 24.4. The van der Waals surface area contributed by atoms with Gasteiger partial charge in [0, 0.05) is 33.0 Å². The Hall–Kier alpha value is -6.15. The maximum Gasteiger partial charge on any atom is 0.338 e. The maximum atomic E-state index is 13.8. The van der Waals surface area contributed by atoms with E-state index < -0.39 is 29.6 Å². The monoisotopic (exact) mass is 604 g/mol. The molecular weight excluding hydrogens is 580 g/mol.